The zero-order chi connectivity index (χ0) is 12.6. The number of alkyl halides is 3. The number of nitrogens with one attached hydrogen (secondary N) is 2. The van der Waals surface area contributed by atoms with E-state index in [1.165, 1.54) is 0 Å². The van der Waals surface area contributed by atoms with Gasteiger partial charge in [0.25, 0.3) is 5.91 Å². The van der Waals surface area contributed by atoms with Gasteiger partial charge in [0.2, 0.25) is 5.54 Å². The van der Waals surface area contributed by atoms with Crippen molar-refractivity contribution in [2.45, 2.75) is 18.6 Å². The molecule has 0 aliphatic carbocycles. The van der Waals surface area contributed by atoms with E-state index < -0.39 is 23.7 Å². The standard InChI is InChI=1S/C8H12F3N3O2/c1-7(8(9,10)11)5(15)14(4-3-12-2)6(16)13-7/h12H,3-4H2,1-2H3,(H,13,16). The Balaban J connectivity index is 2.90. The molecule has 1 fully saturated rings. The van der Waals surface area contributed by atoms with Crippen LogP contribution in [0.3, 0.4) is 0 Å². The lowest BCUT2D eigenvalue weighted by molar-refractivity contribution is -0.191. The zero-order valence-corrected chi connectivity index (χ0v) is 8.81. The molecular weight excluding hydrogens is 227 g/mol. The van der Waals surface area contributed by atoms with Crippen molar-refractivity contribution in [3.05, 3.63) is 0 Å². The van der Waals surface area contributed by atoms with Crippen LogP contribution in [0.25, 0.3) is 0 Å². The minimum absolute atomic E-state index is 0.0904. The lowest BCUT2D eigenvalue weighted by Gasteiger charge is -2.24. The maximum absolute atomic E-state index is 12.6. The largest absolute Gasteiger partial charge is 0.420 e. The van der Waals surface area contributed by atoms with Gasteiger partial charge in [0.05, 0.1) is 0 Å². The first-order valence-corrected chi connectivity index (χ1v) is 4.59. The fourth-order valence-electron chi connectivity index (χ4n) is 1.32. The monoisotopic (exact) mass is 239 g/mol. The summed E-state index contributed by atoms with van der Waals surface area (Å²) in [4.78, 5) is 23.3. The van der Waals surface area contributed by atoms with Crippen LogP contribution in [0.2, 0.25) is 0 Å². The van der Waals surface area contributed by atoms with Crippen molar-refractivity contribution in [3.63, 3.8) is 0 Å². The Morgan fingerprint density at radius 1 is 1.44 bits per heavy atom. The number of halogens is 3. The van der Waals surface area contributed by atoms with Gasteiger partial charge in [-0.05, 0) is 14.0 Å². The maximum atomic E-state index is 12.6. The van der Waals surface area contributed by atoms with E-state index >= 15 is 0 Å². The van der Waals surface area contributed by atoms with Crippen molar-refractivity contribution >= 4 is 11.9 Å². The number of imide groups is 1. The first-order chi connectivity index (χ1) is 7.24. The summed E-state index contributed by atoms with van der Waals surface area (Å²) < 4.78 is 37.8. The zero-order valence-electron chi connectivity index (χ0n) is 8.81. The number of urea groups is 1. The van der Waals surface area contributed by atoms with E-state index in [2.05, 4.69) is 5.32 Å². The van der Waals surface area contributed by atoms with E-state index in [0.717, 1.165) is 0 Å². The van der Waals surface area contributed by atoms with E-state index in [0.29, 0.717) is 11.8 Å². The van der Waals surface area contributed by atoms with Gasteiger partial charge >= 0.3 is 12.2 Å². The Morgan fingerprint density at radius 3 is 2.38 bits per heavy atom. The highest BCUT2D eigenvalue weighted by Gasteiger charge is 2.64. The first kappa shape index (κ1) is 12.8. The average molecular weight is 239 g/mol. The molecule has 1 unspecified atom stereocenters. The van der Waals surface area contributed by atoms with Crippen LogP contribution in [0.15, 0.2) is 0 Å². The summed E-state index contributed by atoms with van der Waals surface area (Å²) in [5.74, 6) is -1.26. The molecule has 0 aromatic heterocycles. The van der Waals surface area contributed by atoms with Crippen LogP contribution in [-0.4, -0.2) is 48.7 Å². The number of likely N-dealkylation sites (N-methyl/N-ethyl adjacent to an activating group) is 1. The molecule has 16 heavy (non-hydrogen) atoms. The van der Waals surface area contributed by atoms with Crippen molar-refractivity contribution in [1.29, 1.82) is 0 Å². The molecule has 5 nitrogen and oxygen atoms in total. The summed E-state index contributed by atoms with van der Waals surface area (Å²) in [6.45, 7) is 0.812. The van der Waals surface area contributed by atoms with Crippen LogP contribution < -0.4 is 10.6 Å². The molecular formula is C8H12F3N3O2. The lowest BCUT2D eigenvalue weighted by atomic mass is 10.0. The van der Waals surface area contributed by atoms with Crippen molar-refractivity contribution in [3.8, 4) is 0 Å². The van der Waals surface area contributed by atoms with Gasteiger partial charge in [-0.2, -0.15) is 13.2 Å². The molecule has 1 rings (SSSR count). The highest BCUT2D eigenvalue weighted by molar-refractivity contribution is 6.07. The maximum Gasteiger partial charge on any atom is 0.420 e. The molecule has 1 atom stereocenters. The van der Waals surface area contributed by atoms with Gasteiger partial charge < -0.3 is 10.6 Å². The van der Waals surface area contributed by atoms with Gasteiger partial charge in [-0.15, -0.1) is 0 Å². The quantitative estimate of drug-likeness (QED) is 0.685. The molecule has 1 heterocycles. The fourth-order valence-corrected chi connectivity index (χ4v) is 1.32. The lowest BCUT2D eigenvalue weighted by Crippen LogP contribution is -2.56. The van der Waals surface area contributed by atoms with Crippen LogP contribution in [0.4, 0.5) is 18.0 Å². The van der Waals surface area contributed by atoms with Gasteiger partial charge in [-0.3, -0.25) is 9.69 Å². The SMILES string of the molecule is CNCCN1C(=O)NC(C)(C(F)(F)F)C1=O. The second-order valence-corrected chi connectivity index (χ2v) is 3.61. The predicted molar refractivity (Wildman–Crippen MR) is 48.6 cm³/mol. The van der Waals surface area contributed by atoms with Crippen LogP contribution in [0, 0.1) is 0 Å². The smallest absolute Gasteiger partial charge is 0.318 e. The van der Waals surface area contributed by atoms with E-state index in [9.17, 15) is 22.8 Å². The second kappa shape index (κ2) is 3.93. The summed E-state index contributed by atoms with van der Waals surface area (Å²) in [6.07, 6.45) is -4.80. The molecule has 0 aromatic carbocycles. The Kier molecular flexibility index (Phi) is 3.13. The molecule has 0 radical (unpaired) electrons. The third kappa shape index (κ3) is 1.84. The normalized spacial score (nSPS) is 26.2. The highest BCUT2D eigenvalue weighted by Crippen LogP contribution is 2.34. The molecule has 1 saturated heterocycles. The summed E-state index contributed by atoms with van der Waals surface area (Å²) >= 11 is 0. The summed E-state index contributed by atoms with van der Waals surface area (Å²) in [5, 5.41) is 4.31. The topological polar surface area (TPSA) is 61.4 Å². The Labute approximate surface area is 90.0 Å². The molecule has 0 saturated carbocycles. The average Bonchev–Trinajstić information content (AvgIpc) is 2.36. The van der Waals surface area contributed by atoms with Crippen LogP contribution in [0.1, 0.15) is 6.92 Å². The van der Waals surface area contributed by atoms with Crippen LogP contribution in [-0.2, 0) is 4.79 Å². The van der Waals surface area contributed by atoms with Gasteiger partial charge in [-0.1, -0.05) is 0 Å². The molecule has 92 valence electrons. The third-order valence-electron chi connectivity index (χ3n) is 2.43. The molecule has 1 aliphatic rings. The summed E-state index contributed by atoms with van der Waals surface area (Å²) in [5.41, 5.74) is -2.81. The summed E-state index contributed by atoms with van der Waals surface area (Å²) in [7, 11) is 1.57. The molecule has 1 aliphatic heterocycles. The van der Waals surface area contributed by atoms with Gasteiger partial charge in [0, 0.05) is 13.1 Å². The van der Waals surface area contributed by atoms with Gasteiger partial charge in [0.1, 0.15) is 0 Å². The number of nitrogens with zero attached hydrogens (tertiary/aromatic N) is 1. The number of hydrogen-bond donors (Lipinski definition) is 2. The minimum atomic E-state index is -4.80. The van der Waals surface area contributed by atoms with Gasteiger partial charge in [0.15, 0.2) is 0 Å². The number of rotatable bonds is 3. The van der Waals surface area contributed by atoms with Crippen LogP contribution in [0.5, 0.6) is 0 Å². The van der Waals surface area contributed by atoms with Crippen molar-refractivity contribution in [2.24, 2.45) is 0 Å². The summed E-state index contributed by atoms with van der Waals surface area (Å²) in [6, 6.07) is -1.01. The molecule has 0 aromatic rings. The van der Waals surface area contributed by atoms with Gasteiger partial charge in [-0.25, -0.2) is 4.79 Å². The van der Waals surface area contributed by atoms with E-state index in [1.54, 1.807) is 12.4 Å². The Bertz CT molecular complexity index is 318. The highest BCUT2D eigenvalue weighted by atomic mass is 19.4. The van der Waals surface area contributed by atoms with E-state index in [-0.39, 0.29) is 13.1 Å². The Morgan fingerprint density at radius 2 is 2.00 bits per heavy atom. The van der Waals surface area contributed by atoms with Crippen molar-refractivity contribution < 1.29 is 22.8 Å². The Hall–Kier alpha value is -1.31. The predicted octanol–water partition coefficient (Wildman–Crippen LogP) is 0.0786. The van der Waals surface area contributed by atoms with Crippen molar-refractivity contribution in [1.82, 2.24) is 15.5 Å². The van der Waals surface area contributed by atoms with Crippen molar-refractivity contribution in [2.75, 3.05) is 20.1 Å². The number of carbonyl (C=O) groups excluding carboxylic acids is 2. The number of carbonyl (C=O) groups is 2. The van der Waals surface area contributed by atoms with Crippen LogP contribution >= 0.6 is 0 Å². The molecule has 3 amide bonds. The van der Waals surface area contributed by atoms with E-state index in [1.807, 2.05) is 0 Å². The number of hydrogen-bond acceptors (Lipinski definition) is 3. The molecule has 0 bridgehead atoms. The molecule has 8 heteroatoms. The third-order valence-corrected chi connectivity index (χ3v) is 2.43. The first-order valence-electron chi connectivity index (χ1n) is 4.59. The fraction of sp³-hybridized carbons (Fsp3) is 0.750. The van der Waals surface area contributed by atoms with E-state index in [4.69, 9.17) is 0 Å². The molecule has 0 spiro atoms. The molecule has 2 N–H and O–H groups in total. The second-order valence-electron chi connectivity index (χ2n) is 3.61. The minimum Gasteiger partial charge on any atom is -0.318 e. The number of amides is 3.